The fourth-order valence-corrected chi connectivity index (χ4v) is 12.4. The van der Waals surface area contributed by atoms with Crippen LogP contribution in [0.1, 0.15) is 113 Å². The number of amides is 3. The zero-order valence-corrected chi connectivity index (χ0v) is 42.2. The van der Waals surface area contributed by atoms with Crippen LogP contribution in [0.2, 0.25) is 0 Å². The van der Waals surface area contributed by atoms with Gasteiger partial charge in [-0.15, -0.1) is 11.3 Å². The molecule has 0 radical (unpaired) electrons. The van der Waals surface area contributed by atoms with Crippen LogP contribution >= 0.6 is 11.3 Å². The highest BCUT2D eigenvalue weighted by Crippen LogP contribution is 2.58. The SMILES string of the molecule is COc1ccc2c(O[C@@H]3C[C@H]4C(=O)C[C@]5(C(=O)NS(=O)(=O)C6(C)CC6)C[C@@H]5/C=C\CCCCC[C@H](Nc5cccc(C(=O)N6CCN(C)CC6)c5)C(=O)N4C3)cc(-c3nc(C(C)C)cs3)nc2c1C. The zero-order valence-electron chi connectivity index (χ0n) is 40.6. The number of benzene rings is 2. The van der Waals surface area contributed by atoms with E-state index in [0.29, 0.717) is 72.7 Å². The van der Waals surface area contributed by atoms with Gasteiger partial charge in [-0.2, -0.15) is 0 Å². The Kier molecular flexibility index (Phi) is 13.7. The summed E-state index contributed by atoms with van der Waals surface area (Å²) in [6.07, 6.45) is 8.13. The molecule has 4 fully saturated rings. The van der Waals surface area contributed by atoms with Crippen molar-refractivity contribution in [3.05, 3.63) is 76.8 Å². The van der Waals surface area contributed by atoms with Crippen molar-refractivity contribution < 1.29 is 37.1 Å². The Morgan fingerprint density at radius 2 is 1.77 bits per heavy atom. The molecule has 15 nitrogen and oxygen atoms in total. The summed E-state index contributed by atoms with van der Waals surface area (Å²) in [5.74, 6) is -0.264. The summed E-state index contributed by atoms with van der Waals surface area (Å²) in [5, 5.41) is 6.99. The number of fused-ring (bicyclic) bond motifs is 3. The van der Waals surface area contributed by atoms with Crippen LogP contribution in [0.4, 0.5) is 5.69 Å². The number of nitrogens with zero attached hydrogens (tertiary/aromatic N) is 5. The first kappa shape index (κ1) is 48.6. The van der Waals surface area contributed by atoms with E-state index in [1.54, 1.807) is 31.1 Å². The van der Waals surface area contributed by atoms with Crippen molar-refractivity contribution in [2.24, 2.45) is 11.3 Å². The molecule has 3 aliphatic heterocycles. The maximum absolute atomic E-state index is 15.3. The Hall–Kier alpha value is -5.39. The van der Waals surface area contributed by atoms with E-state index < -0.39 is 44.3 Å². The molecule has 69 heavy (non-hydrogen) atoms. The van der Waals surface area contributed by atoms with Crippen LogP contribution in [0.15, 0.2) is 60.0 Å². The Labute approximate surface area is 409 Å². The van der Waals surface area contributed by atoms with E-state index >= 15 is 9.59 Å². The Bertz CT molecular complexity index is 2780. The number of likely N-dealkylation sites (N-methyl/N-ethyl adjacent to an activating group) is 1. The molecular weight excluding hydrogens is 915 g/mol. The average Bonchev–Trinajstić information content (AvgIpc) is 4.10. The number of sulfonamides is 1. The van der Waals surface area contributed by atoms with Crippen molar-refractivity contribution in [2.45, 2.75) is 121 Å². The number of thiazole rings is 1. The first-order valence-corrected chi connectivity index (χ1v) is 26.9. The van der Waals surface area contributed by atoms with Crippen molar-refractivity contribution in [3.63, 3.8) is 0 Å². The van der Waals surface area contributed by atoms with Gasteiger partial charge in [-0.05, 0) is 102 Å². The average molecular weight is 980 g/mol. The lowest BCUT2D eigenvalue weighted by atomic mass is 9.91. The zero-order chi connectivity index (χ0) is 48.8. The van der Waals surface area contributed by atoms with Gasteiger partial charge in [-0.3, -0.25) is 23.9 Å². The van der Waals surface area contributed by atoms with Gasteiger partial charge in [-0.1, -0.05) is 44.9 Å². The molecule has 0 bridgehead atoms. The summed E-state index contributed by atoms with van der Waals surface area (Å²) in [6.45, 7) is 10.7. The number of aromatic nitrogens is 2. The van der Waals surface area contributed by atoms with Gasteiger partial charge in [0.1, 0.15) is 34.3 Å². The number of carbonyl (C=O) groups is 4. The number of methoxy groups -OCH3 is 1. The third kappa shape index (κ3) is 10.0. The van der Waals surface area contributed by atoms with Crippen molar-refractivity contribution in [2.75, 3.05) is 52.2 Å². The van der Waals surface area contributed by atoms with Crippen molar-refractivity contribution in [1.82, 2.24) is 29.4 Å². The van der Waals surface area contributed by atoms with Crippen LogP contribution in [0.5, 0.6) is 11.5 Å². The fraction of sp³-hybridized carbons (Fsp3) is 0.538. The number of ketones is 1. The molecule has 3 amide bonds. The molecule has 5 aliphatic rings. The number of ether oxygens (including phenoxy) is 2. The van der Waals surface area contributed by atoms with E-state index in [9.17, 15) is 18.0 Å². The van der Waals surface area contributed by atoms with Gasteiger partial charge in [0.05, 0.1) is 41.1 Å². The predicted octanol–water partition coefficient (Wildman–Crippen LogP) is 7.50. The van der Waals surface area contributed by atoms with Gasteiger partial charge in [-0.25, -0.2) is 18.4 Å². The molecule has 17 heteroatoms. The Morgan fingerprint density at radius 1 is 0.986 bits per heavy atom. The third-order valence-electron chi connectivity index (χ3n) is 15.1. The second kappa shape index (κ2) is 19.4. The molecule has 2 aromatic heterocycles. The Balaban J connectivity index is 1.06. The van der Waals surface area contributed by atoms with Crippen LogP contribution in [0, 0.1) is 18.3 Å². The van der Waals surface area contributed by atoms with Crippen LogP contribution in [-0.4, -0.2) is 126 Å². The van der Waals surface area contributed by atoms with E-state index in [-0.39, 0.29) is 48.8 Å². The number of aryl methyl sites for hydroxylation is 1. The van der Waals surface area contributed by atoms with E-state index in [1.807, 2.05) is 66.7 Å². The van der Waals surface area contributed by atoms with E-state index in [2.05, 4.69) is 28.8 Å². The summed E-state index contributed by atoms with van der Waals surface area (Å²) < 4.78 is 40.9. The minimum atomic E-state index is -3.98. The molecule has 2 saturated heterocycles. The monoisotopic (exact) mass is 979 g/mol. The number of hydrogen-bond donors (Lipinski definition) is 2. The van der Waals surface area contributed by atoms with Crippen molar-refractivity contribution >= 4 is 61.5 Å². The van der Waals surface area contributed by atoms with Gasteiger partial charge in [0.2, 0.25) is 21.8 Å². The van der Waals surface area contributed by atoms with E-state index in [1.165, 1.54) is 11.3 Å². The summed E-state index contributed by atoms with van der Waals surface area (Å²) in [4.78, 5) is 74.0. The summed E-state index contributed by atoms with van der Waals surface area (Å²) in [6, 6.07) is 11.2. The molecule has 0 spiro atoms. The van der Waals surface area contributed by atoms with Crippen molar-refractivity contribution in [1.29, 1.82) is 0 Å². The van der Waals surface area contributed by atoms with Gasteiger partial charge >= 0.3 is 0 Å². The fourth-order valence-electron chi connectivity index (χ4n) is 10.1. The van der Waals surface area contributed by atoms with Gasteiger partial charge < -0.3 is 29.5 Å². The molecule has 368 valence electrons. The minimum Gasteiger partial charge on any atom is -0.496 e. The lowest BCUT2D eigenvalue weighted by molar-refractivity contribution is -0.139. The van der Waals surface area contributed by atoms with Gasteiger partial charge in [0.15, 0.2) is 5.78 Å². The summed E-state index contributed by atoms with van der Waals surface area (Å²) in [5.41, 5.74) is 2.95. The summed E-state index contributed by atoms with van der Waals surface area (Å²) in [7, 11) is -0.316. The first-order valence-electron chi connectivity index (χ1n) is 24.5. The number of allylic oxidation sites excluding steroid dienone is 2. The maximum Gasteiger partial charge on any atom is 0.254 e. The van der Waals surface area contributed by atoms with E-state index in [4.69, 9.17) is 19.4 Å². The lowest BCUT2D eigenvalue weighted by Gasteiger charge is -2.32. The second-order valence-electron chi connectivity index (χ2n) is 20.4. The number of anilines is 1. The number of rotatable bonds is 11. The predicted molar refractivity (Wildman–Crippen MR) is 267 cm³/mol. The molecule has 0 unspecified atom stereocenters. The largest absolute Gasteiger partial charge is 0.496 e. The number of Topliss-reactive ketones (excluding diaryl/α,β-unsaturated/α-hetero) is 1. The highest BCUT2D eigenvalue weighted by atomic mass is 32.2. The number of hydrogen-bond acceptors (Lipinski definition) is 13. The number of pyridine rings is 1. The molecule has 2 aromatic carbocycles. The van der Waals surface area contributed by atoms with Crippen LogP contribution in [0.25, 0.3) is 21.6 Å². The number of carbonyl (C=O) groups excluding carboxylic acids is 4. The quantitative estimate of drug-likeness (QED) is 0.142. The molecule has 4 aromatic rings. The molecule has 2 aliphatic carbocycles. The number of nitrogens with one attached hydrogen (secondary N) is 2. The highest BCUT2D eigenvalue weighted by Gasteiger charge is 2.62. The van der Waals surface area contributed by atoms with Crippen LogP contribution in [0.3, 0.4) is 0 Å². The minimum absolute atomic E-state index is 0.0653. The topological polar surface area (TPSA) is 180 Å². The molecule has 2 saturated carbocycles. The Morgan fingerprint density at radius 3 is 2.49 bits per heavy atom. The molecule has 2 N–H and O–H groups in total. The molecular formula is C52H65N7O8S2. The van der Waals surface area contributed by atoms with Crippen LogP contribution < -0.4 is 19.5 Å². The summed E-state index contributed by atoms with van der Waals surface area (Å²) >= 11 is 1.50. The molecule has 5 atom stereocenters. The normalized spacial score (nSPS) is 25.8. The second-order valence-corrected chi connectivity index (χ2v) is 23.5. The third-order valence-corrected chi connectivity index (χ3v) is 18.1. The van der Waals surface area contributed by atoms with Gasteiger partial charge in [0.25, 0.3) is 5.91 Å². The standard InChI is InChI=1S/C52H65N7O8S2/c1-32(2)41-31-68-47(55-41)40-27-45(38-17-18-44(66-6)33(3)46(38)54-40)67-37-26-42-43(60)29-52(50(63)56-69(64,65)51(4)19-20-51)28-35(52)14-10-8-7-9-11-16-39(49(62)59(42)30-37)53-36-15-12-13-34(25-36)48(61)58-23-21-57(5)22-24-58/h10,12-15,17-18,25,27,31-32,35,37,39,42,53H,7-9,11,16,19-24,26,28-30H2,1-6H3,(H,56,63)/b14-10-/t35-,37+,39-,42-,52+/m0/s1. The number of piperazine rings is 1. The first-order chi connectivity index (χ1) is 33.0. The lowest BCUT2D eigenvalue weighted by Crippen LogP contribution is -2.49. The van der Waals surface area contributed by atoms with Crippen LogP contribution in [-0.2, 0) is 24.4 Å². The smallest absolute Gasteiger partial charge is 0.254 e. The molecule has 5 heterocycles. The van der Waals surface area contributed by atoms with Crippen molar-refractivity contribution in [3.8, 4) is 22.2 Å². The highest BCUT2D eigenvalue weighted by molar-refractivity contribution is 7.91. The molecule has 9 rings (SSSR count). The van der Waals surface area contributed by atoms with E-state index in [0.717, 1.165) is 60.4 Å². The maximum atomic E-state index is 15.3. The van der Waals surface area contributed by atoms with Gasteiger partial charge in [0, 0.05) is 72.7 Å².